The molecule has 1 aliphatic rings. The van der Waals surface area contributed by atoms with Crippen molar-refractivity contribution in [3.63, 3.8) is 0 Å². The lowest BCUT2D eigenvalue weighted by atomic mass is 9.99. The SMILES string of the molecule is CC1CCCN(c2ccc(C(N)=NO)c(Cl)c2)C1. The number of anilines is 1. The van der Waals surface area contributed by atoms with E-state index in [0.29, 0.717) is 16.5 Å². The van der Waals surface area contributed by atoms with E-state index >= 15 is 0 Å². The second-order valence-corrected chi connectivity index (χ2v) is 5.25. The Morgan fingerprint density at radius 2 is 2.33 bits per heavy atom. The fourth-order valence-electron chi connectivity index (χ4n) is 2.39. The minimum atomic E-state index is 0.0403. The van der Waals surface area contributed by atoms with Crippen LogP contribution in [0.4, 0.5) is 5.69 Å². The van der Waals surface area contributed by atoms with E-state index < -0.39 is 0 Å². The van der Waals surface area contributed by atoms with Crippen LogP contribution in [0.5, 0.6) is 0 Å². The zero-order chi connectivity index (χ0) is 13.1. The van der Waals surface area contributed by atoms with Gasteiger partial charge < -0.3 is 15.8 Å². The second-order valence-electron chi connectivity index (χ2n) is 4.84. The zero-order valence-corrected chi connectivity index (χ0v) is 11.2. The maximum Gasteiger partial charge on any atom is 0.171 e. The summed E-state index contributed by atoms with van der Waals surface area (Å²) in [5, 5.41) is 12.1. The number of hydrogen-bond acceptors (Lipinski definition) is 3. The maximum atomic E-state index is 8.66. The number of nitrogens with two attached hydrogens (primary N) is 1. The van der Waals surface area contributed by atoms with E-state index in [0.717, 1.165) is 18.8 Å². The molecule has 1 aromatic carbocycles. The molecule has 0 spiro atoms. The van der Waals surface area contributed by atoms with Gasteiger partial charge in [0.15, 0.2) is 5.84 Å². The Kier molecular flexibility index (Phi) is 3.97. The quantitative estimate of drug-likeness (QED) is 0.375. The van der Waals surface area contributed by atoms with Gasteiger partial charge in [0.25, 0.3) is 0 Å². The smallest absolute Gasteiger partial charge is 0.171 e. The third-order valence-corrected chi connectivity index (χ3v) is 3.67. The zero-order valence-electron chi connectivity index (χ0n) is 10.4. The normalized spacial score (nSPS) is 21.1. The van der Waals surface area contributed by atoms with Crippen molar-refractivity contribution in [1.82, 2.24) is 0 Å². The molecule has 1 atom stereocenters. The Balaban J connectivity index is 2.23. The van der Waals surface area contributed by atoms with Gasteiger partial charge in [0.2, 0.25) is 0 Å². The largest absolute Gasteiger partial charge is 0.409 e. The van der Waals surface area contributed by atoms with Gasteiger partial charge in [-0.05, 0) is 37.0 Å². The topological polar surface area (TPSA) is 61.8 Å². The average Bonchev–Trinajstić information content (AvgIpc) is 2.37. The molecule has 1 heterocycles. The van der Waals surface area contributed by atoms with Crippen LogP contribution in [-0.2, 0) is 0 Å². The molecule has 5 heteroatoms. The number of hydrogen-bond donors (Lipinski definition) is 2. The summed E-state index contributed by atoms with van der Waals surface area (Å²) >= 11 is 6.16. The van der Waals surface area contributed by atoms with Crippen LogP contribution >= 0.6 is 11.6 Å². The summed E-state index contributed by atoms with van der Waals surface area (Å²) in [4.78, 5) is 2.33. The van der Waals surface area contributed by atoms with Crippen molar-refractivity contribution in [2.45, 2.75) is 19.8 Å². The minimum Gasteiger partial charge on any atom is -0.409 e. The summed E-state index contributed by atoms with van der Waals surface area (Å²) in [7, 11) is 0. The summed E-state index contributed by atoms with van der Waals surface area (Å²) in [5.74, 6) is 0.750. The molecule has 0 aromatic heterocycles. The van der Waals surface area contributed by atoms with Gasteiger partial charge in [0, 0.05) is 24.3 Å². The van der Waals surface area contributed by atoms with E-state index in [2.05, 4.69) is 17.0 Å². The van der Waals surface area contributed by atoms with Crippen LogP contribution < -0.4 is 10.6 Å². The molecule has 0 aliphatic carbocycles. The fraction of sp³-hybridized carbons (Fsp3) is 0.462. The third-order valence-electron chi connectivity index (χ3n) is 3.36. The molecule has 0 saturated carbocycles. The number of amidine groups is 1. The van der Waals surface area contributed by atoms with E-state index in [1.54, 1.807) is 6.07 Å². The molecule has 4 nitrogen and oxygen atoms in total. The van der Waals surface area contributed by atoms with Crippen LogP contribution in [0.25, 0.3) is 0 Å². The molecule has 0 amide bonds. The first-order valence-corrected chi connectivity index (χ1v) is 6.52. The van der Waals surface area contributed by atoms with E-state index in [1.807, 2.05) is 12.1 Å². The highest BCUT2D eigenvalue weighted by Crippen LogP contribution is 2.27. The summed E-state index contributed by atoms with van der Waals surface area (Å²) in [5.41, 5.74) is 7.21. The molecule has 1 unspecified atom stereocenters. The van der Waals surface area contributed by atoms with Gasteiger partial charge in [-0.3, -0.25) is 0 Å². The molecule has 1 saturated heterocycles. The van der Waals surface area contributed by atoms with Crippen LogP contribution in [0.15, 0.2) is 23.4 Å². The van der Waals surface area contributed by atoms with Crippen LogP contribution in [0.3, 0.4) is 0 Å². The van der Waals surface area contributed by atoms with Gasteiger partial charge in [-0.1, -0.05) is 23.7 Å². The number of benzene rings is 1. The van der Waals surface area contributed by atoms with E-state index in [9.17, 15) is 0 Å². The molecule has 1 fully saturated rings. The Bertz CT molecular complexity index is 462. The van der Waals surface area contributed by atoms with Crippen LogP contribution in [-0.4, -0.2) is 24.1 Å². The third kappa shape index (κ3) is 2.70. The monoisotopic (exact) mass is 267 g/mol. The Morgan fingerprint density at radius 1 is 1.56 bits per heavy atom. The molecule has 98 valence electrons. The van der Waals surface area contributed by atoms with Crippen molar-refractivity contribution in [1.29, 1.82) is 0 Å². The first kappa shape index (κ1) is 13.0. The van der Waals surface area contributed by atoms with E-state index in [-0.39, 0.29) is 5.84 Å². The predicted molar refractivity (Wildman–Crippen MR) is 74.6 cm³/mol. The molecule has 1 aromatic rings. The number of halogens is 1. The fourth-order valence-corrected chi connectivity index (χ4v) is 2.66. The molecule has 2 rings (SSSR count). The number of piperidine rings is 1. The highest BCUT2D eigenvalue weighted by atomic mass is 35.5. The van der Waals surface area contributed by atoms with E-state index in [4.69, 9.17) is 22.5 Å². The number of oxime groups is 1. The number of rotatable bonds is 2. The lowest BCUT2D eigenvalue weighted by Crippen LogP contribution is -2.34. The van der Waals surface area contributed by atoms with Crippen molar-refractivity contribution in [2.24, 2.45) is 16.8 Å². The van der Waals surface area contributed by atoms with Gasteiger partial charge >= 0.3 is 0 Å². The molecule has 18 heavy (non-hydrogen) atoms. The summed E-state index contributed by atoms with van der Waals surface area (Å²) < 4.78 is 0. The van der Waals surface area contributed by atoms with Gasteiger partial charge in [-0.15, -0.1) is 0 Å². The molecule has 1 aliphatic heterocycles. The van der Waals surface area contributed by atoms with Gasteiger partial charge in [-0.25, -0.2) is 0 Å². The predicted octanol–water partition coefficient (Wildman–Crippen LogP) is 2.67. The lowest BCUT2D eigenvalue weighted by Gasteiger charge is -2.33. The Morgan fingerprint density at radius 3 is 2.94 bits per heavy atom. The van der Waals surface area contributed by atoms with Crippen molar-refractivity contribution in [3.05, 3.63) is 28.8 Å². The molecule has 0 radical (unpaired) electrons. The lowest BCUT2D eigenvalue weighted by molar-refractivity contribution is 0.318. The summed E-state index contributed by atoms with van der Waals surface area (Å²) in [6.45, 7) is 4.38. The Hall–Kier alpha value is -1.42. The molecular formula is C13H18ClN3O. The molecule has 3 N–H and O–H groups in total. The summed E-state index contributed by atoms with van der Waals surface area (Å²) in [6, 6.07) is 5.65. The highest BCUT2D eigenvalue weighted by Gasteiger charge is 2.17. The average molecular weight is 268 g/mol. The maximum absolute atomic E-state index is 8.66. The van der Waals surface area contributed by atoms with Gasteiger partial charge in [-0.2, -0.15) is 0 Å². The van der Waals surface area contributed by atoms with Gasteiger partial charge in [0.1, 0.15) is 0 Å². The van der Waals surface area contributed by atoms with Crippen LogP contribution in [0.1, 0.15) is 25.3 Å². The second kappa shape index (κ2) is 5.48. The first-order valence-electron chi connectivity index (χ1n) is 6.14. The molecule has 0 bridgehead atoms. The highest BCUT2D eigenvalue weighted by molar-refractivity contribution is 6.34. The van der Waals surface area contributed by atoms with Crippen LogP contribution in [0, 0.1) is 5.92 Å². The van der Waals surface area contributed by atoms with Crippen molar-refractivity contribution >= 4 is 23.1 Å². The van der Waals surface area contributed by atoms with Crippen molar-refractivity contribution < 1.29 is 5.21 Å². The standard InChI is InChI=1S/C13H18ClN3O/c1-9-3-2-6-17(8-9)10-4-5-11(12(14)7-10)13(15)16-18/h4-5,7,9,18H,2-3,6,8H2,1H3,(H2,15,16). The minimum absolute atomic E-state index is 0.0403. The molecular weight excluding hydrogens is 250 g/mol. The van der Waals surface area contributed by atoms with Crippen molar-refractivity contribution in [3.8, 4) is 0 Å². The number of nitrogens with zero attached hydrogens (tertiary/aromatic N) is 2. The first-order chi connectivity index (χ1) is 8.61. The van der Waals surface area contributed by atoms with Gasteiger partial charge in [0.05, 0.1) is 5.02 Å². The van der Waals surface area contributed by atoms with Crippen molar-refractivity contribution in [2.75, 3.05) is 18.0 Å². The van der Waals surface area contributed by atoms with E-state index in [1.165, 1.54) is 12.8 Å². The summed E-state index contributed by atoms with van der Waals surface area (Å²) in [6.07, 6.45) is 2.49. The Labute approximate surface area is 112 Å². The van der Waals surface area contributed by atoms with Crippen LogP contribution in [0.2, 0.25) is 5.02 Å².